The fourth-order valence-corrected chi connectivity index (χ4v) is 3.71. The van der Waals surface area contributed by atoms with E-state index in [-0.39, 0.29) is 6.04 Å². The molecular weight excluding hydrogens is 300 g/mol. The zero-order valence-electron chi connectivity index (χ0n) is 15.0. The van der Waals surface area contributed by atoms with E-state index in [0.717, 1.165) is 25.5 Å². The molecule has 2 aliphatic heterocycles. The molecule has 2 bridgehead atoms. The van der Waals surface area contributed by atoms with Crippen molar-refractivity contribution in [3.63, 3.8) is 0 Å². The highest BCUT2D eigenvalue weighted by molar-refractivity contribution is 5.80. The van der Waals surface area contributed by atoms with E-state index in [1.807, 2.05) is 0 Å². The van der Waals surface area contributed by atoms with Gasteiger partial charge in [-0.3, -0.25) is 4.99 Å². The van der Waals surface area contributed by atoms with Gasteiger partial charge in [0.05, 0.1) is 30.8 Å². The molecule has 1 aromatic carbocycles. The molecule has 24 heavy (non-hydrogen) atoms. The van der Waals surface area contributed by atoms with E-state index in [2.05, 4.69) is 66.9 Å². The zero-order valence-corrected chi connectivity index (χ0v) is 15.0. The number of nitrogens with one attached hydrogen (secondary N) is 2. The summed E-state index contributed by atoms with van der Waals surface area (Å²) in [6.07, 6.45) is 4.30. The molecule has 0 aliphatic carbocycles. The molecule has 0 spiro atoms. The summed E-state index contributed by atoms with van der Waals surface area (Å²) in [4.78, 5) is 7.08. The molecule has 0 saturated carbocycles. The van der Waals surface area contributed by atoms with Crippen molar-refractivity contribution in [2.24, 2.45) is 4.99 Å². The highest BCUT2D eigenvalue weighted by atomic mass is 16.5. The standard InChI is InChI=1S/C19H30N4O/c1-4-20-19(22-16-12-15-10-11-18(16)24-15)21-13-17(23(2)3)14-8-6-5-7-9-14/h5-9,15-18H,4,10-13H2,1-3H3,(H2,20,21,22). The molecule has 2 saturated heterocycles. The molecule has 2 fully saturated rings. The smallest absolute Gasteiger partial charge is 0.191 e. The van der Waals surface area contributed by atoms with Gasteiger partial charge in [0.15, 0.2) is 5.96 Å². The first-order chi connectivity index (χ1) is 11.7. The second-order valence-corrected chi connectivity index (χ2v) is 6.97. The van der Waals surface area contributed by atoms with Crippen LogP contribution in [0.2, 0.25) is 0 Å². The minimum Gasteiger partial charge on any atom is -0.373 e. The molecule has 2 aliphatic rings. The average molecular weight is 330 g/mol. The molecule has 0 radical (unpaired) electrons. The van der Waals surface area contributed by atoms with Gasteiger partial charge in [0.2, 0.25) is 0 Å². The lowest BCUT2D eigenvalue weighted by atomic mass is 9.96. The van der Waals surface area contributed by atoms with Crippen LogP contribution in [0.3, 0.4) is 0 Å². The van der Waals surface area contributed by atoms with Gasteiger partial charge < -0.3 is 20.3 Å². The molecule has 0 amide bonds. The van der Waals surface area contributed by atoms with E-state index >= 15 is 0 Å². The van der Waals surface area contributed by atoms with Crippen molar-refractivity contribution < 1.29 is 4.74 Å². The second-order valence-electron chi connectivity index (χ2n) is 6.97. The number of nitrogens with zero attached hydrogens (tertiary/aromatic N) is 2. The zero-order chi connectivity index (χ0) is 16.9. The van der Waals surface area contributed by atoms with Gasteiger partial charge in [0.25, 0.3) is 0 Å². The van der Waals surface area contributed by atoms with E-state index < -0.39 is 0 Å². The maximum absolute atomic E-state index is 5.94. The molecule has 5 nitrogen and oxygen atoms in total. The van der Waals surface area contributed by atoms with Gasteiger partial charge in [-0.15, -0.1) is 0 Å². The number of fused-ring (bicyclic) bond motifs is 2. The summed E-state index contributed by atoms with van der Waals surface area (Å²) in [7, 11) is 4.22. The van der Waals surface area contributed by atoms with Crippen molar-refractivity contribution in [3.05, 3.63) is 35.9 Å². The van der Waals surface area contributed by atoms with Crippen LogP contribution < -0.4 is 10.6 Å². The monoisotopic (exact) mass is 330 g/mol. The third kappa shape index (κ3) is 4.08. The van der Waals surface area contributed by atoms with E-state index in [1.54, 1.807) is 0 Å². The van der Waals surface area contributed by atoms with Crippen molar-refractivity contribution in [1.29, 1.82) is 0 Å². The first-order valence-corrected chi connectivity index (χ1v) is 9.09. The maximum atomic E-state index is 5.94. The molecule has 0 aromatic heterocycles. The Morgan fingerprint density at radius 1 is 1.29 bits per heavy atom. The topological polar surface area (TPSA) is 48.9 Å². The van der Waals surface area contributed by atoms with Crippen LogP contribution in [0.5, 0.6) is 0 Å². The van der Waals surface area contributed by atoms with Crippen LogP contribution in [-0.4, -0.2) is 56.3 Å². The van der Waals surface area contributed by atoms with Crippen molar-refractivity contribution in [2.75, 3.05) is 27.2 Å². The molecule has 4 unspecified atom stereocenters. The number of likely N-dealkylation sites (N-methyl/N-ethyl adjacent to an activating group) is 1. The van der Waals surface area contributed by atoms with Crippen LogP contribution in [0.4, 0.5) is 0 Å². The van der Waals surface area contributed by atoms with E-state index in [4.69, 9.17) is 9.73 Å². The average Bonchev–Trinajstić information content (AvgIpc) is 3.18. The Bertz CT molecular complexity index is 546. The molecule has 5 heteroatoms. The van der Waals surface area contributed by atoms with Crippen LogP contribution in [0, 0.1) is 0 Å². The SMILES string of the molecule is CCNC(=NCC(c1ccccc1)N(C)C)NC1CC2CCC1O2. The molecule has 4 atom stereocenters. The number of rotatable bonds is 6. The van der Waals surface area contributed by atoms with Crippen LogP contribution >= 0.6 is 0 Å². The van der Waals surface area contributed by atoms with Gasteiger partial charge in [0.1, 0.15) is 0 Å². The number of aliphatic imine (C=N–C) groups is 1. The molecule has 132 valence electrons. The largest absolute Gasteiger partial charge is 0.373 e. The van der Waals surface area contributed by atoms with Crippen LogP contribution in [0.25, 0.3) is 0 Å². The van der Waals surface area contributed by atoms with Gasteiger partial charge in [-0.05, 0) is 45.8 Å². The normalized spacial score (nSPS) is 27.5. The number of hydrogen-bond acceptors (Lipinski definition) is 3. The van der Waals surface area contributed by atoms with E-state index in [0.29, 0.717) is 18.2 Å². The lowest BCUT2D eigenvalue weighted by Crippen LogP contribution is -2.47. The third-order valence-corrected chi connectivity index (χ3v) is 5.00. The van der Waals surface area contributed by atoms with Crippen molar-refractivity contribution in [2.45, 2.75) is 50.5 Å². The number of hydrogen-bond donors (Lipinski definition) is 2. The van der Waals surface area contributed by atoms with Gasteiger partial charge in [-0.25, -0.2) is 0 Å². The lowest BCUT2D eigenvalue weighted by Gasteiger charge is -2.25. The lowest BCUT2D eigenvalue weighted by molar-refractivity contribution is 0.0992. The van der Waals surface area contributed by atoms with Crippen molar-refractivity contribution in [3.8, 4) is 0 Å². The van der Waals surface area contributed by atoms with Crippen LogP contribution in [-0.2, 0) is 4.74 Å². The molecule has 1 aromatic rings. The first-order valence-electron chi connectivity index (χ1n) is 9.09. The van der Waals surface area contributed by atoms with Crippen LogP contribution in [0.1, 0.15) is 37.8 Å². The van der Waals surface area contributed by atoms with Crippen molar-refractivity contribution >= 4 is 5.96 Å². The minimum absolute atomic E-state index is 0.276. The Morgan fingerprint density at radius 3 is 2.67 bits per heavy atom. The van der Waals surface area contributed by atoms with Crippen molar-refractivity contribution in [1.82, 2.24) is 15.5 Å². The highest BCUT2D eigenvalue weighted by Gasteiger charge is 2.41. The molecule has 2 heterocycles. The maximum Gasteiger partial charge on any atom is 0.191 e. The van der Waals surface area contributed by atoms with Gasteiger partial charge >= 0.3 is 0 Å². The second kappa shape index (κ2) is 7.99. The highest BCUT2D eigenvalue weighted by Crippen LogP contribution is 2.34. The summed E-state index contributed by atoms with van der Waals surface area (Å²) in [6, 6.07) is 11.3. The van der Waals surface area contributed by atoms with E-state index in [1.165, 1.54) is 18.4 Å². The molecule has 2 N–H and O–H groups in total. The third-order valence-electron chi connectivity index (χ3n) is 5.00. The van der Waals surface area contributed by atoms with Gasteiger partial charge in [-0.1, -0.05) is 30.3 Å². The first kappa shape index (κ1) is 17.2. The Balaban J connectivity index is 1.65. The Morgan fingerprint density at radius 2 is 2.08 bits per heavy atom. The minimum atomic E-state index is 0.276. The fourth-order valence-electron chi connectivity index (χ4n) is 3.71. The summed E-state index contributed by atoms with van der Waals surface area (Å²) in [5, 5.41) is 6.97. The summed E-state index contributed by atoms with van der Waals surface area (Å²) in [5.41, 5.74) is 1.30. The predicted molar refractivity (Wildman–Crippen MR) is 98.3 cm³/mol. The Hall–Kier alpha value is -1.59. The summed E-state index contributed by atoms with van der Waals surface area (Å²) < 4.78 is 5.94. The fraction of sp³-hybridized carbons (Fsp3) is 0.632. The molecule has 3 rings (SSSR count). The number of benzene rings is 1. The Kier molecular flexibility index (Phi) is 5.74. The summed E-state index contributed by atoms with van der Waals surface area (Å²) in [6.45, 7) is 3.70. The quantitative estimate of drug-likeness (QED) is 0.620. The predicted octanol–water partition coefficient (Wildman–Crippen LogP) is 2.16. The van der Waals surface area contributed by atoms with Gasteiger partial charge in [0, 0.05) is 6.54 Å². The summed E-state index contributed by atoms with van der Waals surface area (Å²) >= 11 is 0. The number of ether oxygens (including phenoxy) is 1. The van der Waals surface area contributed by atoms with Crippen LogP contribution in [0.15, 0.2) is 35.3 Å². The van der Waals surface area contributed by atoms with Gasteiger partial charge in [-0.2, -0.15) is 0 Å². The number of guanidine groups is 1. The van der Waals surface area contributed by atoms with E-state index in [9.17, 15) is 0 Å². The molecular formula is C19H30N4O. The summed E-state index contributed by atoms with van der Waals surface area (Å²) in [5.74, 6) is 0.904. The Labute approximate surface area is 145 Å².